The third-order valence-electron chi connectivity index (χ3n) is 2.05. The molecule has 0 aliphatic carbocycles. The number of hydrogen-bond acceptors (Lipinski definition) is 5. The summed E-state index contributed by atoms with van der Waals surface area (Å²) in [6.45, 7) is 0. The summed E-state index contributed by atoms with van der Waals surface area (Å²) in [4.78, 5) is 0. The first kappa shape index (κ1) is 10.9. The molecule has 5 heteroatoms. The number of phenolic OH excluding ortho intramolecular Hbond substituents is 4. The Morgan fingerprint density at radius 2 is 1.35 bits per heavy atom. The molecule has 0 amide bonds. The maximum absolute atomic E-state index is 9.48. The van der Waals surface area contributed by atoms with Gasteiger partial charge in [0.2, 0.25) is 0 Å². The van der Waals surface area contributed by atoms with Crippen molar-refractivity contribution < 1.29 is 25.2 Å². The van der Waals surface area contributed by atoms with E-state index in [9.17, 15) is 15.3 Å². The molecule has 88 valence electrons. The fourth-order valence-electron chi connectivity index (χ4n) is 1.35. The first-order valence-electron chi connectivity index (χ1n) is 4.77. The molecule has 0 radical (unpaired) electrons. The molecule has 0 aliphatic heterocycles. The number of ether oxygens (including phenoxy) is 1. The van der Waals surface area contributed by atoms with Gasteiger partial charge in [-0.3, -0.25) is 0 Å². The lowest BCUT2D eigenvalue weighted by Crippen LogP contribution is -1.84. The normalized spacial score (nSPS) is 10.1. The largest absolute Gasteiger partial charge is 0.508 e. The lowest BCUT2D eigenvalue weighted by atomic mass is 10.3. The zero-order valence-corrected chi connectivity index (χ0v) is 8.66. The van der Waals surface area contributed by atoms with Gasteiger partial charge >= 0.3 is 0 Å². The van der Waals surface area contributed by atoms with Crippen LogP contribution < -0.4 is 4.74 Å². The smallest absolute Gasteiger partial charge is 0.169 e. The summed E-state index contributed by atoms with van der Waals surface area (Å²) < 4.78 is 5.24. The Kier molecular flexibility index (Phi) is 2.66. The van der Waals surface area contributed by atoms with Crippen molar-refractivity contribution in [2.24, 2.45) is 0 Å². The fourth-order valence-corrected chi connectivity index (χ4v) is 1.35. The average molecular weight is 234 g/mol. The second-order valence-corrected chi connectivity index (χ2v) is 3.44. The maximum atomic E-state index is 9.48. The van der Waals surface area contributed by atoms with Gasteiger partial charge in [-0.25, -0.2) is 0 Å². The lowest BCUT2D eigenvalue weighted by molar-refractivity contribution is 0.396. The first-order valence-corrected chi connectivity index (χ1v) is 4.77. The van der Waals surface area contributed by atoms with E-state index in [4.69, 9.17) is 9.84 Å². The van der Waals surface area contributed by atoms with Crippen LogP contribution >= 0.6 is 0 Å². The van der Waals surface area contributed by atoms with Crippen LogP contribution in [0, 0.1) is 0 Å². The van der Waals surface area contributed by atoms with E-state index >= 15 is 0 Å². The van der Waals surface area contributed by atoms with Crippen LogP contribution in [0.3, 0.4) is 0 Å². The van der Waals surface area contributed by atoms with Crippen LogP contribution in [0.4, 0.5) is 0 Å². The summed E-state index contributed by atoms with van der Waals surface area (Å²) in [6.07, 6.45) is 0. The van der Waals surface area contributed by atoms with E-state index in [0.717, 1.165) is 12.1 Å². The van der Waals surface area contributed by atoms with Gasteiger partial charge in [-0.2, -0.15) is 0 Å². The molecule has 5 nitrogen and oxygen atoms in total. The highest BCUT2D eigenvalue weighted by molar-refractivity contribution is 5.48. The molecule has 4 N–H and O–H groups in total. The highest BCUT2D eigenvalue weighted by atomic mass is 16.5. The zero-order chi connectivity index (χ0) is 12.4. The molecular weight excluding hydrogens is 224 g/mol. The van der Waals surface area contributed by atoms with Crippen LogP contribution in [0.25, 0.3) is 0 Å². The summed E-state index contributed by atoms with van der Waals surface area (Å²) in [5, 5.41) is 37.1. The molecule has 0 heterocycles. The minimum atomic E-state index is -0.243. The third-order valence-corrected chi connectivity index (χ3v) is 2.05. The minimum Gasteiger partial charge on any atom is -0.508 e. The molecule has 0 atom stereocenters. The van der Waals surface area contributed by atoms with Crippen molar-refractivity contribution >= 4 is 0 Å². The quantitative estimate of drug-likeness (QED) is 0.640. The van der Waals surface area contributed by atoms with Gasteiger partial charge in [0.25, 0.3) is 0 Å². The molecule has 0 unspecified atom stereocenters. The molecule has 0 aromatic heterocycles. The van der Waals surface area contributed by atoms with Crippen LogP contribution in [0.15, 0.2) is 36.4 Å². The number of hydrogen-bond donors (Lipinski definition) is 4. The standard InChI is InChI=1S/C12H10O5/c13-7-1-2-12(11(16)6-7)17-10-4-8(14)3-9(15)5-10/h1-6,13-16H. The highest BCUT2D eigenvalue weighted by Crippen LogP contribution is 2.35. The van der Waals surface area contributed by atoms with Crippen molar-refractivity contribution in [3.63, 3.8) is 0 Å². The average Bonchev–Trinajstić information content (AvgIpc) is 2.21. The summed E-state index contributed by atoms with van der Waals surface area (Å²) in [5.74, 6) is -0.366. The Morgan fingerprint density at radius 1 is 0.706 bits per heavy atom. The Labute approximate surface area is 96.8 Å². The Hall–Kier alpha value is -2.56. The molecule has 0 bridgehead atoms. The van der Waals surface area contributed by atoms with Crippen LogP contribution in [0.2, 0.25) is 0 Å². The molecule has 0 saturated carbocycles. The van der Waals surface area contributed by atoms with Gasteiger partial charge in [0, 0.05) is 24.3 Å². The number of aromatic hydroxyl groups is 4. The number of rotatable bonds is 2. The van der Waals surface area contributed by atoms with Crippen molar-refractivity contribution in [1.29, 1.82) is 0 Å². The van der Waals surface area contributed by atoms with Crippen molar-refractivity contribution in [2.75, 3.05) is 0 Å². The van der Waals surface area contributed by atoms with E-state index in [2.05, 4.69) is 0 Å². The van der Waals surface area contributed by atoms with Crippen LogP contribution in [0.5, 0.6) is 34.5 Å². The van der Waals surface area contributed by atoms with Crippen molar-refractivity contribution in [3.8, 4) is 34.5 Å². The summed E-state index contributed by atoms with van der Waals surface area (Å²) in [6, 6.07) is 7.56. The van der Waals surface area contributed by atoms with Crippen LogP contribution in [0.1, 0.15) is 0 Å². The molecule has 2 rings (SSSR count). The molecule has 17 heavy (non-hydrogen) atoms. The Morgan fingerprint density at radius 3 is 1.94 bits per heavy atom. The third kappa shape index (κ3) is 2.52. The second-order valence-electron chi connectivity index (χ2n) is 3.44. The van der Waals surface area contributed by atoms with E-state index in [0.29, 0.717) is 0 Å². The van der Waals surface area contributed by atoms with Gasteiger partial charge in [-0.05, 0) is 12.1 Å². The Bertz CT molecular complexity index is 530. The summed E-state index contributed by atoms with van der Waals surface area (Å²) >= 11 is 0. The van der Waals surface area contributed by atoms with E-state index in [1.165, 1.54) is 24.3 Å². The second kappa shape index (κ2) is 4.13. The van der Waals surface area contributed by atoms with E-state index in [-0.39, 0.29) is 34.5 Å². The fraction of sp³-hybridized carbons (Fsp3) is 0. The predicted octanol–water partition coefficient (Wildman–Crippen LogP) is 2.30. The van der Waals surface area contributed by atoms with E-state index < -0.39 is 0 Å². The van der Waals surface area contributed by atoms with Crippen molar-refractivity contribution in [3.05, 3.63) is 36.4 Å². The van der Waals surface area contributed by atoms with Crippen molar-refractivity contribution in [1.82, 2.24) is 0 Å². The summed E-state index contributed by atoms with van der Waals surface area (Å²) in [7, 11) is 0. The summed E-state index contributed by atoms with van der Waals surface area (Å²) in [5.41, 5.74) is 0. The van der Waals surface area contributed by atoms with Crippen LogP contribution in [-0.2, 0) is 0 Å². The SMILES string of the molecule is Oc1cc(O)cc(Oc2ccc(O)cc2O)c1. The molecule has 0 spiro atoms. The molecule has 0 saturated heterocycles. The van der Waals surface area contributed by atoms with Crippen LogP contribution in [-0.4, -0.2) is 20.4 Å². The topological polar surface area (TPSA) is 90.2 Å². The minimum absolute atomic E-state index is 0.0893. The number of benzene rings is 2. The van der Waals surface area contributed by atoms with E-state index in [1.807, 2.05) is 0 Å². The molecule has 0 aliphatic rings. The van der Waals surface area contributed by atoms with Gasteiger partial charge in [-0.15, -0.1) is 0 Å². The monoisotopic (exact) mass is 234 g/mol. The highest BCUT2D eigenvalue weighted by Gasteiger charge is 2.06. The predicted molar refractivity (Wildman–Crippen MR) is 59.6 cm³/mol. The van der Waals surface area contributed by atoms with E-state index in [1.54, 1.807) is 0 Å². The van der Waals surface area contributed by atoms with Gasteiger partial charge in [0.1, 0.15) is 23.0 Å². The maximum Gasteiger partial charge on any atom is 0.169 e. The Balaban J connectivity index is 2.31. The molecule has 2 aromatic carbocycles. The number of phenols is 4. The van der Waals surface area contributed by atoms with Gasteiger partial charge < -0.3 is 25.2 Å². The van der Waals surface area contributed by atoms with Crippen molar-refractivity contribution in [2.45, 2.75) is 0 Å². The van der Waals surface area contributed by atoms with Gasteiger partial charge in [0.05, 0.1) is 0 Å². The molecular formula is C12H10O5. The molecule has 2 aromatic rings. The van der Waals surface area contributed by atoms with Gasteiger partial charge in [0.15, 0.2) is 11.5 Å². The molecule has 0 fully saturated rings. The first-order chi connectivity index (χ1) is 8.04. The zero-order valence-electron chi connectivity index (χ0n) is 8.66. The van der Waals surface area contributed by atoms with Gasteiger partial charge in [-0.1, -0.05) is 0 Å². The lowest BCUT2D eigenvalue weighted by Gasteiger charge is -2.08.